The van der Waals surface area contributed by atoms with Crippen LogP contribution in [0, 0.1) is 13.8 Å². The van der Waals surface area contributed by atoms with Crippen molar-refractivity contribution in [1.82, 2.24) is 10.3 Å². The molecule has 144 valence electrons. The average molecular weight is 369 g/mol. The smallest absolute Gasteiger partial charge is 0.223 e. The maximum atomic E-state index is 12.1. The Morgan fingerprint density at radius 2 is 1.93 bits per heavy atom. The molecule has 1 aromatic heterocycles. The van der Waals surface area contributed by atoms with Crippen LogP contribution in [0.15, 0.2) is 36.5 Å². The number of rotatable bonds is 7. The van der Waals surface area contributed by atoms with Gasteiger partial charge in [-0.25, -0.2) is 4.98 Å². The number of hydrogen-bond donors (Lipinski definition) is 1. The first-order valence-corrected chi connectivity index (χ1v) is 9.35. The minimum atomic E-state index is -0.0240. The monoisotopic (exact) mass is 369 g/mol. The van der Waals surface area contributed by atoms with Crippen LogP contribution in [0.1, 0.15) is 23.1 Å². The molecule has 1 fully saturated rings. The second-order valence-electron chi connectivity index (χ2n) is 6.82. The number of morpholine rings is 1. The minimum Gasteiger partial charge on any atom is -0.493 e. The summed E-state index contributed by atoms with van der Waals surface area (Å²) in [4.78, 5) is 18.7. The van der Waals surface area contributed by atoms with Crippen LogP contribution in [0.5, 0.6) is 5.75 Å². The lowest BCUT2D eigenvalue weighted by Gasteiger charge is -2.28. The molecule has 2 aromatic rings. The van der Waals surface area contributed by atoms with Crippen molar-refractivity contribution >= 4 is 11.7 Å². The van der Waals surface area contributed by atoms with Gasteiger partial charge in [0.15, 0.2) is 0 Å². The Hall–Kier alpha value is -2.60. The van der Waals surface area contributed by atoms with Gasteiger partial charge in [-0.2, -0.15) is 0 Å². The zero-order valence-corrected chi connectivity index (χ0v) is 16.0. The lowest BCUT2D eigenvalue weighted by Crippen LogP contribution is -2.36. The third-order valence-corrected chi connectivity index (χ3v) is 4.43. The molecule has 0 unspecified atom stereocenters. The molecule has 6 nitrogen and oxygen atoms in total. The van der Waals surface area contributed by atoms with E-state index < -0.39 is 0 Å². The van der Waals surface area contributed by atoms with Gasteiger partial charge in [0.05, 0.1) is 26.2 Å². The highest BCUT2D eigenvalue weighted by Gasteiger charge is 2.12. The van der Waals surface area contributed by atoms with Crippen molar-refractivity contribution in [3.63, 3.8) is 0 Å². The SMILES string of the molecule is Cc1cc(C)cc(OCCC(=O)NCc2ccnc(N3CCOCC3)c2)c1. The van der Waals surface area contributed by atoms with Crippen molar-refractivity contribution < 1.29 is 14.3 Å². The number of hydrogen-bond acceptors (Lipinski definition) is 5. The molecule has 0 saturated carbocycles. The molecule has 1 saturated heterocycles. The van der Waals surface area contributed by atoms with Gasteiger partial charge in [-0.1, -0.05) is 6.07 Å². The van der Waals surface area contributed by atoms with Crippen molar-refractivity contribution in [2.45, 2.75) is 26.8 Å². The van der Waals surface area contributed by atoms with E-state index in [1.54, 1.807) is 6.20 Å². The molecular weight excluding hydrogens is 342 g/mol. The van der Waals surface area contributed by atoms with Crippen LogP contribution in [0.2, 0.25) is 0 Å². The average Bonchev–Trinajstić information content (AvgIpc) is 2.67. The Morgan fingerprint density at radius 3 is 2.67 bits per heavy atom. The van der Waals surface area contributed by atoms with Gasteiger partial charge in [0, 0.05) is 25.8 Å². The molecule has 0 bridgehead atoms. The summed E-state index contributed by atoms with van der Waals surface area (Å²) in [6.07, 6.45) is 2.11. The van der Waals surface area contributed by atoms with Gasteiger partial charge >= 0.3 is 0 Å². The van der Waals surface area contributed by atoms with Crippen LogP contribution in [0.25, 0.3) is 0 Å². The van der Waals surface area contributed by atoms with Crippen LogP contribution in [0.4, 0.5) is 5.82 Å². The summed E-state index contributed by atoms with van der Waals surface area (Å²) in [6.45, 7) is 8.06. The number of nitrogens with zero attached hydrogens (tertiary/aromatic N) is 2. The van der Waals surface area contributed by atoms with Gasteiger partial charge in [-0.3, -0.25) is 4.79 Å². The van der Waals surface area contributed by atoms with Crippen LogP contribution in [-0.2, 0) is 16.1 Å². The summed E-state index contributed by atoms with van der Waals surface area (Å²) in [7, 11) is 0. The molecule has 1 aromatic carbocycles. The molecule has 1 N–H and O–H groups in total. The van der Waals surface area contributed by atoms with Crippen molar-refractivity contribution in [3.05, 3.63) is 53.2 Å². The lowest BCUT2D eigenvalue weighted by atomic mass is 10.1. The van der Waals surface area contributed by atoms with E-state index in [1.807, 2.05) is 38.1 Å². The molecule has 3 rings (SSSR count). The number of anilines is 1. The fraction of sp³-hybridized carbons (Fsp3) is 0.429. The number of pyridine rings is 1. The second kappa shape index (κ2) is 9.37. The number of nitrogens with one attached hydrogen (secondary N) is 1. The van der Waals surface area contributed by atoms with Crippen molar-refractivity contribution in [3.8, 4) is 5.75 Å². The van der Waals surface area contributed by atoms with E-state index in [9.17, 15) is 4.79 Å². The maximum absolute atomic E-state index is 12.1. The van der Waals surface area contributed by atoms with Gasteiger partial charge < -0.3 is 19.7 Å². The Labute approximate surface area is 160 Å². The fourth-order valence-electron chi connectivity index (χ4n) is 3.10. The molecule has 1 aliphatic heterocycles. The van der Waals surface area contributed by atoms with Crippen molar-refractivity contribution in [1.29, 1.82) is 0 Å². The van der Waals surface area contributed by atoms with Crippen LogP contribution in [0.3, 0.4) is 0 Å². The zero-order valence-electron chi connectivity index (χ0n) is 16.0. The van der Waals surface area contributed by atoms with Crippen LogP contribution < -0.4 is 15.0 Å². The molecule has 1 amide bonds. The molecule has 0 atom stereocenters. The number of carbonyl (C=O) groups excluding carboxylic acids is 1. The van der Waals surface area contributed by atoms with Gasteiger partial charge in [0.1, 0.15) is 11.6 Å². The van der Waals surface area contributed by atoms with E-state index in [-0.39, 0.29) is 5.91 Å². The van der Waals surface area contributed by atoms with Gasteiger partial charge in [0.2, 0.25) is 5.91 Å². The summed E-state index contributed by atoms with van der Waals surface area (Å²) >= 11 is 0. The fourth-order valence-corrected chi connectivity index (χ4v) is 3.10. The number of amides is 1. The Kier molecular flexibility index (Phi) is 6.65. The Morgan fingerprint density at radius 1 is 1.19 bits per heavy atom. The summed E-state index contributed by atoms with van der Waals surface area (Å²) < 4.78 is 11.1. The maximum Gasteiger partial charge on any atom is 0.223 e. The van der Waals surface area contributed by atoms with E-state index >= 15 is 0 Å². The third-order valence-electron chi connectivity index (χ3n) is 4.43. The number of ether oxygens (including phenoxy) is 2. The Bertz CT molecular complexity index is 753. The largest absolute Gasteiger partial charge is 0.493 e. The van der Waals surface area contributed by atoms with E-state index in [2.05, 4.69) is 21.3 Å². The molecule has 6 heteroatoms. The normalized spacial score (nSPS) is 14.1. The standard InChI is InChI=1S/C21H27N3O3/c1-16-11-17(2)13-19(12-16)27-8-4-21(25)23-15-18-3-5-22-20(14-18)24-6-9-26-10-7-24/h3,5,11-14H,4,6-10,15H2,1-2H3,(H,23,25). The number of benzene rings is 1. The van der Waals surface area contributed by atoms with E-state index in [0.717, 1.165) is 54.6 Å². The minimum absolute atomic E-state index is 0.0240. The molecule has 0 spiro atoms. The summed E-state index contributed by atoms with van der Waals surface area (Å²) in [6, 6.07) is 10.0. The van der Waals surface area contributed by atoms with Crippen LogP contribution in [-0.4, -0.2) is 43.8 Å². The van der Waals surface area contributed by atoms with Crippen LogP contribution >= 0.6 is 0 Å². The lowest BCUT2D eigenvalue weighted by molar-refractivity contribution is -0.121. The van der Waals surface area contributed by atoms with Gasteiger partial charge in [-0.15, -0.1) is 0 Å². The van der Waals surface area contributed by atoms with Crippen molar-refractivity contribution in [2.24, 2.45) is 0 Å². The van der Waals surface area contributed by atoms with Gasteiger partial charge in [-0.05, 0) is 54.8 Å². The number of aromatic nitrogens is 1. The van der Waals surface area contributed by atoms with E-state index in [0.29, 0.717) is 19.6 Å². The van der Waals surface area contributed by atoms with E-state index in [4.69, 9.17) is 9.47 Å². The quantitative estimate of drug-likeness (QED) is 0.813. The third kappa shape index (κ3) is 5.96. The highest BCUT2D eigenvalue weighted by atomic mass is 16.5. The molecular formula is C21H27N3O3. The molecule has 1 aliphatic rings. The topological polar surface area (TPSA) is 63.7 Å². The summed E-state index contributed by atoms with van der Waals surface area (Å²) in [5, 5.41) is 2.95. The van der Waals surface area contributed by atoms with E-state index in [1.165, 1.54) is 0 Å². The number of aryl methyl sites for hydroxylation is 2. The van der Waals surface area contributed by atoms with Crippen molar-refractivity contribution in [2.75, 3.05) is 37.8 Å². The molecule has 2 heterocycles. The highest BCUT2D eigenvalue weighted by Crippen LogP contribution is 2.16. The predicted octanol–water partition coefficient (Wildman–Crippen LogP) is 2.62. The number of carbonyl (C=O) groups is 1. The zero-order chi connectivity index (χ0) is 19.1. The molecule has 0 aliphatic carbocycles. The molecule has 27 heavy (non-hydrogen) atoms. The summed E-state index contributed by atoms with van der Waals surface area (Å²) in [5.74, 6) is 1.72. The predicted molar refractivity (Wildman–Crippen MR) is 105 cm³/mol. The van der Waals surface area contributed by atoms with Gasteiger partial charge in [0.25, 0.3) is 0 Å². The first-order valence-electron chi connectivity index (χ1n) is 9.35. The Balaban J connectivity index is 1.43. The summed E-state index contributed by atoms with van der Waals surface area (Å²) in [5.41, 5.74) is 3.35. The first kappa shape index (κ1) is 19.2. The molecule has 0 radical (unpaired) electrons. The second-order valence-corrected chi connectivity index (χ2v) is 6.82. The first-order chi connectivity index (χ1) is 13.1. The highest BCUT2D eigenvalue weighted by molar-refractivity contribution is 5.76.